The Hall–Kier alpha value is -1.09. The van der Waals surface area contributed by atoms with Crippen molar-refractivity contribution in [1.82, 2.24) is 14.6 Å². The zero-order valence-corrected chi connectivity index (χ0v) is 10.7. The average Bonchev–Trinajstić information content (AvgIpc) is 2.71. The van der Waals surface area contributed by atoms with Crippen LogP contribution in [-0.2, 0) is 0 Å². The Morgan fingerprint density at radius 3 is 3.00 bits per heavy atom. The predicted octanol–water partition coefficient (Wildman–Crippen LogP) is 3.68. The molecule has 0 spiro atoms. The maximum Gasteiger partial charge on any atom is 0.156 e. The van der Waals surface area contributed by atoms with Gasteiger partial charge in [0.25, 0.3) is 0 Å². The molecule has 1 atom stereocenters. The van der Waals surface area contributed by atoms with Gasteiger partial charge < -0.3 is 0 Å². The summed E-state index contributed by atoms with van der Waals surface area (Å²) in [6.07, 6.45) is 6.91. The molecule has 0 bridgehead atoms. The summed E-state index contributed by atoms with van der Waals surface area (Å²) in [6.45, 7) is 2.24. The number of halogens is 1. The highest BCUT2D eigenvalue weighted by molar-refractivity contribution is 6.29. The van der Waals surface area contributed by atoms with Crippen LogP contribution in [0.5, 0.6) is 0 Å². The minimum atomic E-state index is 0.557. The summed E-state index contributed by atoms with van der Waals surface area (Å²) in [5.74, 6) is 1.36. The number of nitrogens with zero attached hydrogens (tertiary/aromatic N) is 3. The number of aromatic nitrogens is 3. The fourth-order valence-electron chi connectivity index (χ4n) is 2.71. The Morgan fingerprint density at radius 1 is 1.53 bits per heavy atom. The Bertz CT molecular complexity index is 530. The first kappa shape index (κ1) is 11.0. The molecule has 0 radical (unpaired) electrons. The van der Waals surface area contributed by atoms with Gasteiger partial charge in [-0.05, 0) is 31.2 Å². The molecule has 2 aromatic rings. The highest BCUT2D eigenvalue weighted by Crippen LogP contribution is 2.40. The second kappa shape index (κ2) is 4.30. The van der Waals surface area contributed by atoms with E-state index in [1.54, 1.807) is 10.7 Å². The van der Waals surface area contributed by atoms with Crippen LogP contribution in [0.1, 0.15) is 44.2 Å². The Balaban J connectivity index is 2.02. The van der Waals surface area contributed by atoms with Gasteiger partial charge in [0.2, 0.25) is 0 Å². The van der Waals surface area contributed by atoms with Crippen LogP contribution in [-0.4, -0.2) is 14.6 Å². The number of rotatable bonds is 3. The van der Waals surface area contributed by atoms with E-state index in [2.05, 4.69) is 17.0 Å². The van der Waals surface area contributed by atoms with Gasteiger partial charge in [-0.25, -0.2) is 9.50 Å². The zero-order valence-electron chi connectivity index (χ0n) is 9.93. The molecule has 1 aliphatic carbocycles. The number of hydrogen-bond donors (Lipinski definition) is 0. The first-order valence-electron chi connectivity index (χ1n) is 6.29. The van der Waals surface area contributed by atoms with Gasteiger partial charge in [0.15, 0.2) is 5.65 Å². The van der Waals surface area contributed by atoms with E-state index < -0.39 is 0 Å². The normalized spacial score (nSPS) is 18.2. The monoisotopic (exact) mass is 249 g/mol. The molecule has 2 heterocycles. The van der Waals surface area contributed by atoms with E-state index in [4.69, 9.17) is 11.6 Å². The summed E-state index contributed by atoms with van der Waals surface area (Å²) in [5.41, 5.74) is 1.99. The van der Waals surface area contributed by atoms with Crippen LogP contribution < -0.4 is 0 Å². The van der Waals surface area contributed by atoms with E-state index in [0.29, 0.717) is 11.1 Å². The van der Waals surface area contributed by atoms with Gasteiger partial charge in [-0.1, -0.05) is 24.9 Å². The first-order chi connectivity index (χ1) is 8.29. The lowest BCUT2D eigenvalue weighted by molar-refractivity contribution is 0.252. The lowest BCUT2D eigenvalue weighted by atomic mass is 9.73. The topological polar surface area (TPSA) is 30.2 Å². The Morgan fingerprint density at radius 2 is 2.35 bits per heavy atom. The van der Waals surface area contributed by atoms with Crippen molar-refractivity contribution in [3.05, 3.63) is 29.2 Å². The minimum absolute atomic E-state index is 0.557. The van der Waals surface area contributed by atoms with Crippen molar-refractivity contribution in [2.75, 3.05) is 0 Å². The third-order valence-electron chi connectivity index (χ3n) is 3.87. The lowest BCUT2D eigenvalue weighted by Gasteiger charge is -2.33. The van der Waals surface area contributed by atoms with Crippen molar-refractivity contribution in [2.24, 2.45) is 5.92 Å². The second-order valence-corrected chi connectivity index (χ2v) is 5.20. The molecule has 1 unspecified atom stereocenters. The maximum absolute atomic E-state index is 6.23. The minimum Gasteiger partial charge on any atom is -0.233 e. The summed E-state index contributed by atoms with van der Waals surface area (Å²) >= 11 is 6.23. The highest BCUT2D eigenvalue weighted by Gasteiger charge is 2.28. The largest absolute Gasteiger partial charge is 0.233 e. The SMILES string of the molecule is CCC(c1cc(Cl)n2nccc2n1)C1CCC1. The molecule has 0 aliphatic heterocycles. The molecule has 0 saturated heterocycles. The molecular weight excluding hydrogens is 234 g/mol. The fraction of sp³-hybridized carbons (Fsp3) is 0.538. The van der Waals surface area contributed by atoms with Crippen LogP contribution in [0.4, 0.5) is 0 Å². The first-order valence-corrected chi connectivity index (χ1v) is 6.67. The Kier molecular flexibility index (Phi) is 2.79. The fourth-order valence-corrected chi connectivity index (χ4v) is 2.95. The second-order valence-electron chi connectivity index (χ2n) is 4.81. The van der Waals surface area contributed by atoms with Crippen LogP contribution in [0.25, 0.3) is 5.65 Å². The quantitative estimate of drug-likeness (QED) is 0.777. The molecule has 2 aromatic heterocycles. The van der Waals surface area contributed by atoms with E-state index in [1.165, 1.54) is 19.3 Å². The van der Waals surface area contributed by atoms with Crippen LogP contribution in [0.3, 0.4) is 0 Å². The molecule has 17 heavy (non-hydrogen) atoms. The van der Waals surface area contributed by atoms with Crippen molar-refractivity contribution in [3.63, 3.8) is 0 Å². The van der Waals surface area contributed by atoms with Gasteiger partial charge in [-0.2, -0.15) is 5.10 Å². The predicted molar refractivity (Wildman–Crippen MR) is 68.4 cm³/mol. The number of fused-ring (bicyclic) bond motifs is 1. The lowest BCUT2D eigenvalue weighted by Crippen LogP contribution is -2.21. The van der Waals surface area contributed by atoms with Gasteiger partial charge in [0.05, 0.1) is 6.20 Å². The van der Waals surface area contributed by atoms with Gasteiger partial charge >= 0.3 is 0 Å². The van der Waals surface area contributed by atoms with Crippen LogP contribution in [0.15, 0.2) is 18.3 Å². The van der Waals surface area contributed by atoms with E-state index >= 15 is 0 Å². The van der Waals surface area contributed by atoms with Gasteiger partial charge in [-0.15, -0.1) is 0 Å². The Labute approximate surface area is 106 Å². The summed E-state index contributed by atoms with van der Waals surface area (Å²) in [5, 5.41) is 4.81. The standard InChI is InChI=1S/C13H16ClN3/c1-2-10(9-4-3-5-9)11-8-12(14)17-13(16-11)6-7-15-17/h6-10H,2-5H2,1H3. The summed E-state index contributed by atoms with van der Waals surface area (Å²) in [4.78, 5) is 4.69. The molecule has 3 rings (SSSR count). The molecule has 0 N–H and O–H groups in total. The molecule has 0 aromatic carbocycles. The maximum atomic E-state index is 6.23. The smallest absolute Gasteiger partial charge is 0.156 e. The van der Waals surface area contributed by atoms with Crippen LogP contribution in [0.2, 0.25) is 5.15 Å². The molecular formula is C13H16ClN3. The van der Waals surface area contributed by atoms with Crippen molar-refractivity contribution < 1.29 is 0 Å². The van der Waals surface area contributed by atoms with Crippen LogP contribution >= 0.6 is 11.6 Å². The molecule has 90 valence electrons. The van der Waals surface area contributed by atoms with E-state index in [-0.39, 0.29) is 0 Å². The average molecular weight is 250 g/mol. The molecule has 0 amide bonds. The van der Waals surface area contributed by atoms with Gasteiger partial charge in [0.1, 0.15) is 5.15 Å². The molecule has 1 saturated carbocycles. The van der Waals surface area contributed by atoms with Crippen molar-refractivity contribution in [1.29, 1.82) is 0 Å². The van der Waals surface area contributed by atoms with Gasteiger partial charge in [0, 0.05) is 17.7 Å². The summed E-state index contributed by atoms with van der Waals surface area (Å²) in [7, 11) is 0. The molecule has 4 heteroatoms. The van der Waals surface area contributed by atoms with Crippen LogP contribution in [0, 0.1) is 5.92 Å². The summed E-state index contributed by atoms with van der Waals surface area (Å²) < 4.78 is 1.68. The zero-order chi connectivity index (χ0) is 11.8. The third kappa shape index (κ3) is 1.82. The number of hydrogen-bond acceptors (Lipinski definition) is 2. The van der Waals surface area contributed by atoms with E-state index in [0.717, 1.165) is 23.7 Å². The third-order valence-corrected chi connectivity index (χ3v) is 4.14. The van der Waals surface area contributed by atoms with Crippen molar-refractivity contribution in [3.8, 4) is 0 Å². The van der Waals surface area contributed by atoms with E-state index in [1.807, 2.05) is 12.1 Å². The molecule has 1 fully saturated rings. The molecule has 3 nitrogen and oxygen atoms in total. The van der Waals surface area contributed by atoms with Crippen molar-refractivity contribution in [2.45, 2.75) is 38.5 Å². The van der Waals surface area contributed by atoms with Crippen molar-refractivity contribution >= 4 is 17.2 Å². The van der Waals surface area contributed by atoms with Gasteiger partial charge in [-0.3, -0.25) is 0 Å². The highest BCUT2D eigenvalue weighted by atomic mass is 35.5. The summed E-state index contributed by atoms with van der Waals surface area (Å²) in [6, 6.07) is 3.89. The van der Waals surface area contributed by atoms with E-state index in [9.17, 15) is 0 Å². The molecule has 1 aliphatic rings.